The van der Waals surface area contributed by atoms with Crippen molar-refractivity contribution in [3.05, 3.63) is 11.2 Å². The zero-order valence-electron chi connectivity index (χ0n) is 10.7. The summed E-state index contributed by atoms with van der Waals surface area (Å²) in [7, 11) is -2.68. The van der Waals surface area contributed by atoms with Gasteiger partial charge in [0.25, 0.3) is 10.0 Å². The molecule has 0 bridgehead atoms. The van der Waals surface area contributed by atoms with E-state index >= 15 is 0 Å². The topological polar surface area (TPSA) is 111 Å². The molecule has 1 aliphatic rings. The molecule has 2 heterocycles. The molecule has 0 aromatic carbocycles. The maximum absolute atomic E-state index is 12.4. The third-order valence-electron chi connectivity index (χ3n) is 3.18. The van der Waals surface area contributed by atoms with E-state index in [2.05, 4.69) is 9.82 Å². The lowest BCUT2D eigenvalue weighted by molar-refractivity contribution is -0.147. The number of aliphatic carboxylic acids is 1. The minimum Gasteiger partial charge on any atom is -0.480 e. The average molecular weight is 324 g/mol. The predicted molar refractivity (Wildman–Crippen MR) is 69.0 cm³/mol. The minimum absolute atomic E-state index is 0.0526. The summed E-state index contributed by atoms with van der Waals surface area (Å²) in [6, 6.07) is 0. The first-order valence-electron chi connectivity index (χ1n) is 5.81. The van der Waals surface area contributed by atoms with Crippen molar-refractivity contribution in [1.29, 1.82) is 0 Å². The smallest absolute Gasteiger partial charge is 0.325 e. The van der Waals surface area contributed by atoms with Crippen LogP contribution in [0.25, 0.3) is 0 Å². The molecule has 0 atom stereocenters. The number of rotatable bonds is 4. The number of nitrogens with zero attached hydrogens (tertiary/aromatic N) is 2. The Kier molecular flexibility index (Phi) is 4.05. The van der Waals surface area contributed by atoms with Crippen LogP contribution in [0.5, 0.6) is 0 Å². The number of aromatic nitrogens is 2. The Labute approximate surface area is 120 Å². The van der Waals surface area contributed by atoms with Crippen LogP contribution in [0.15, 0.2) is 11.2 Å². The molecule has 20 heavy (non-hydrogen) atoms. The maximum Gasteiger partial charge on any atom is 0.325 e. The number of nitrogens with one attached hydrogen (secondary N) is 1. The van der Waals surface area contributed by atoms with E-state index in [0.29, 0.717) is 0 Å². The van der Waals surface area contributed by atoms with Crippen LogP contribution in [0, 0.1) is 0 Å². The molecule has 0 aliphatic carbocycles. The number of carboxylic acid groups (broad SMARTS) is 1. The first-order valence-corrected chi connectivity index (χ1v) is 7.67. The molecule has 8 nitrogen and oxygen atoms in total. The van der Waals surface area contributed by atoms with Crippen LogP contribution in [-0.4, -0.2) is 48.0 Å². The maximum atomic E-state index is 12.4. The molecule has 2 rings (SSSR count). The summed E-state index contributed by atoms with van der Waals surface area (Å²) in [5, 5.41) is 12.8. The lowest BCUT2D eigenvalue weighted by Gasteiger charge is -2.33. The van der Waals surface area contributed by atoms with Gasteiger partial charge in [0.05, 0.1) is 11.2 Å². The Morgan fingerprint density at radius 1 is 1.55 bits per heavy atom. The van der Waals surface area contributed by atoms with E-state index in [4.69, 9.17) is 16.3 Å². The highest BCUT2D eigenvalue weighted by atomic mass is 35.5. The van der Waals surface area contributed by atoms with Gasteiger partial charge in [0, 0.05) is 33.1 Å². The van der Waals surface area contributed by atoms with Crippen LogP contribution in [0.2, 0.25) is 5.02 Å². The molecule has 0 unspecified atom stereocenters. The summed E-state index contributed by atoms with van der Waals surface area (Å²) in [4.78, 5) is 11.5. The van der Waals surface area contributed by atoms with E-state index in [0.717, 1.165) is 4.68 Å². The highest BCUT2D eigenvalue weighted by molar-refractivity contribution is 7.89. The molecule has 10 heteroatoms. The molecule has 2 N–H and O–H groups in total. The largest absolute Gasteiger partial charge is 0.480 e. The van der Waals surface area contributed by atoms with Crippen LogP contribution in [0.1, 0.15) is 12.8 Å². The van der Waals surface area contributed by atoms with E-state index < -0.39 is 21.5 Å². The zero-order chi connectivity index (χ0) is 15.0. The third kappa shape index (κ3) is 2.66. The molecule has 0 radical (unpaired) electrons. The second kappa shape index (κ2) is 5.32. The molecule has 1 aromatic heterocycles. The summed E-state index contributed by atoms with van der Waals surface area (Å²) in [6.07, 6.45) is 1.29. The van der Waals surface area contributed by atoms with Crippen molar-refractivity contribution >= 4 is 27.6 Å². The van der Waals surface area contributed by atoms with Crippen molar-refractivity contribution in [3.8, 4) is 0 Å². The van der Waals surface area contributed by atoms with E-state index in [-0.39, 0.29) is 36.1 Å². The van der Waals surface area contributed by atoms with Gasteiger partial charge in [-0.2, -0.15) is 9.82 Å². The van der Waals surface area contributed by atoms with Gasteiger partial charge >= 0.3 is 5.97 Å². The zero-order valence-corrected chi connectivity index (χ0v) is 12.2. The summed E-state index contributed by atoms with van der Waals surface area (Å²) in [5.41, 5.74) is -1.58. The molecule has 1 aromatic rings. The number of aryl methyl sites for hydroxylation is 1. The van der Waals surface area contributed by atoms with E-state index in [1.165, 1.54) is 13.2 Å². The quantitative estimate of drug-likeness (QED) is 0.806. The highest BCUT2D eigenvalue weighted by Crippen LogP contribution is 2.26. The Morgan fingerprint density at radius 3 is 2.60 bits per heavy atom. The highest BCUT2D eigenvalue weighted by Gasteiger charge is 2.44. The minimum atomic E-state index is -4.10. The first-order chi connectivity index (χ1) is 9.28. The first kappa shape index (κ1) is 15.2. The van der Waals surface area contributed by atoms with Crippen LogP contribution < -0.4 is 4.72 Å². The molecule has 0 saturated carbocycles. The van der Waals surface area contributed by atoms with E-state index in [1.807, 2.05) is 0 Å². The number of halogens is 1. The van der Waals surface area contributed by atoms with Gasteiger partial charge in [-0.1, -0.05) is 11.6 Å². The number of carbonyl (C=O) groups is 1. The summed E-state index contributed by atoms with van der Waals surface area (Å²) < 4.78 is 33.1. The van der Waals surface area contributed by atoms with Crippen LogP contribution in [0.3, 0.4) is 0 Å². The van der Waals surface area contributed by atoms with Crippen molar-refractivity contribution in [1.82, 2.24) is 14.5 Å². The Balaban J connectivity index is 2.38. The number of carboxylic acids is 1. The van der Waals surface area contributed by atoms with Crippen molar-refractivity contribution in [2.24, 2.45) is 7.05 Å². The Morgan fingerprint density at radius 2 is 2.15 bits per heavy atom. The SMILES string of the molecule is Cn1ncc(Cl)c1S(=O)(=O)NC1(C(=O)O)CCOCC1. The summed E-state index contributed by atoms with van der Waals surface area (Å²) >= 11 is 5.80. The van der Waals surface area contributed by atoms with Gasteiger partial charge in [0.2, 0.25) is 0 Å². The standard InChI is InChI=1S/C10H14ClN3O5S/c1-14-8(7(11)6-12-14)20(17,18)13-10(9(15)16)2-4-19-5-3-10/h6,13H,2-5H2,1H3,(H,15,16). The summed E-state index contributed by atoms with van der Waals surface area (Å²) in [6.45, 7) is 0.349. The van der Waals surface area contributed by atoms with Crippen molar-refractivity contribution in [3.63, 3.8) is 0 Å². The Hall–Kier alpha value is -1.16. The molecule has 0 amide bonds. The van der Waals surface area contributed by atoms with Gasteiger partial charge in [0.15, 0.2) is 5.03 Å². The van der Waals surface area contributed by atoms with Crippen molar-refractivity contribution < 1.29 is 23.1 Å². The van der Waals surface area contributed by atoms with Gasteiger partial charge in [-0.05, 0) is 0 Å². The molecule has 1 saturated heterocycles. The molecule has 0 spiro atoms. The monoisotopic (exact) mass is 323 g/mol. The van der Waals surface area contributed by atoms with E-state index in [1.54, 1.807) is 0 Å². The molecule has 1 aliphatic heterocycles. The number of hydrogen-bond donors (Lipinski definition) is 2. The van der Waals surface area contributed by atoms with Gasteiger partial charge in [-0.15, -0.1) is 0 Å². The third-order valence-corrected chi connectivity index (χ3v) is 5.22. The molecule has 1 fully saturated rings. The molecule has 112 valence electrons. The van der Waals surface area contributed by atoms with Crippen LogP contribution >= 0.6 is 11.6 Å². The predicted octanol–water partition coefficient (Wildman–Crippen LogP) is -0.0144. The normalized spacial score (nSPS) is 18.9. The van der Waals surface area contributed by atoms with Gasteiger partial charge in [0.1, 0.15) is 5.54 Å². The Bertz CT molecular complexity index is 601. The van der Waals surface area contributed by atoms with Crippen molar-refractivity contribution in [2.45, 2.75) is 23.4 Å². The molecular formula is C10H14ClN3O5S. The van der Waals surface area contributed by atoms with Gasteiger partial charge in [-0.3, -0.25) is 9.48 Å². The molecular weight excluding hydrogens is 310 g/mol. The van der Waals surface area contributed by atoms with Crippen molar-refractivity contribution in [2.75, 3.05) is 13.2 Å². The number of ether oxygens (including phenoxy) is 1. The van der Waals surface area contributed by atoms with E-state index in [9.17, 15) is 18.3 Å². The number of hydrogen-bond acceptors (Lipinski definition) is 5. The second-order valence-electron chi connectivity index (χ2n) is 4.53. The number of sulfonamides is 1. The fourth-order valence-corrected chi connectivity index (χ4v) is 4.16. The fraction of sp³-hybridized carbons (Fsp3) is 0.600. The van der Waals surface area contributed by atoms with Crippen LogP contribution in [-0.2, 0) is 26.6 Å². The van der Waals surface area contributed by atoms with Crippen LogP contribution in [0.4, 0.5) is 0 Å². The summed E-state index contributed by atoms with van der Waals surface area (Å²) in [5.74, 6) is -1.23. The lowest BCUT2D eigenvalue weighted by atomic mass is 9.92. The average Bonchev–Trinajstić information content (AvgIpc) is 2.70. The van der Waals surface area contributed by atoms with Gasteiger partial charge < -0.3 is 9.84 Å². The lowest BCUT2D eigenvalue weighted by Crippen LogP contribution is -2.57. The fourth-order valence-electron chi connectivity index (χ4n) is 2.09. The van der Waals surface area contributed by atoms with Gasteiger partial charge in [-0.25, -0.2) is 8.42 Å². The second-order valence-corrected chi connectivity index (χ2v) is 6.53.